The maximum atomic E-state index is 9.85. The third-order valence-electron chi connectivity index (χ3n) is 4.86. The molecule has 1 unspecified atom stereocenters. The molecule has 5 nitrogen and oxygen atoms in total. The van der Waals surface area contributed by atoms with Crippen LogP contribution in [-0.4, -0.2) is 29.5 Å². The number of benzene rings is 3. The molecule has 0 saturated heterocycles. The van der Waals surface area contributed by atoms with E-state index in [0.29, 0.717) is 11.5 Å². The lowest BCUT2D eigenvalue weighted by molar-refractivity contribution is 0.382. The summed E-state index contributed by atoms with van der Waals surface area (Å²) in [6.07, 6.45) is 3.88. The Morgan fingerprint density at radius 2 is 1.31 bits per heavy atom. The minimum absolute atomic E-state index is 0.137. The van der Waals surface area contributed by atoms with Crippen LogP contribution in [0.2, 0.25) is 0 Å². The van der Waals surface area contributed by atoms with Crippen LogP contribution in [0.25, 0.3) is 12.2 Å². The highest BCUT2D eigenvalue weighted by Crippen LogP contribution is 2.41. The van der Waals surface area contributed by atoms with Gasteiger partial charge in [-0.3, -0.25) is 0 Å². The van der Waals surface area contributed by atoms with Crippen LogP contribution >= 0.6 is 0 Å². The van der Waals surface area contributed by atoms with Gasteiger partial charge in [0.05, 0.1) is 14.2 Å². The summed E-state index contributed by atoms with van der Waals surface area (Å²) in [5.74, 6) is 1.09. The molecule has 0 fully saturated rings. The molecule has 1 atom stereocenters. The van der Waals surface area contributed by atoms with Crippen molar-refractivity contribution in [2.75, 3.05) is 14.2 Å². The molecule has 0 spiro atoms. The molecule has 150 valence electrons. The van der Waals surface area contributed by atoms with Gasteiger partial charge in [0.15, 0.2) is 11.5 Å². The molecule has 0 radical (unpaired) electrons. The van der Waals surface area contributed by atoms with Gasteiger partial charge in [0.1, 0.15) is 17.2 Å². The van der Waals surface area contributed by atoms with Crippen LogP contribution in [-0.2, 0) is 0 Å². The fourth-order valence-electron chi connectivity index (χ4n) is 3.24. The van der Waals surface area contributed by atoms with Crippen LogP contribution in [0.1, 0.15) is 35.1 Å². The largest absolute Gasteiger partial charge is 0.508 e. The van der Waals surface area contributed by atoms with Crippen molar-refractivity contribution >= 4 is 12.2 Å². The van der Waals surface area contributed by atoms with Crippen molar-refractivity contribution in [2.24, 2.45) is 0 Å². The summed E-state index contributed by atoms with van der Waals surface area (Å²) in [6, 6.07) is 15.5. The zero-order valence-electron chi connectivity index (χ0n) is 16.6. The molecule has 5 heteroatoms. The van der Waals surface area contributed by atoms with Crippen LogP contribution in [0.3, 0.4) is 0 Å². The number of hydrogen-bond acceptors (Lipinski definition) is 5. The fourth-order valence-corrected chi connectivity index (χ4v) is 3.24. The summed E-state index contributed by atoms with van der Waals surface area (Å²) in [4.78, 5) is 0. The molecule has 3 rings (SSSR count). The summed E-state index contributed by atoms with van der Waals surface area (Å²) in [5, 5.41) is 28.8. The van der Waals surface area contributed by atoms with Crippen LogP contribution in [0.15, 0.2) is 54.6 Å². The van der Waals surface area contributed by atoms with Crippen LogP contribution in [0, 0.1) is 0 Å². The number of aromatic hydroxyl groups is 3. The molecular formula is C24H24O5. The Hall–Kier alpha value is -3.60. The van der Waals surface area contributed by atoms with Gasteiger partial charge in [0.25, 0.3) is 0 Å². The zero-order valence-corrected chi connectivity index (χ0v) is 16.6. The third kappa shape index (κ3) is 4.46. The highest BCUT2D eigenvalue weighted by atomic mass is 16.5. The topological polar surface area (TPSA) is 79.2 Å². The monoisotopic (exact) mass is 392 g/mol. The minimum Gasteiger partial charge on any atom is -0.508 e. The van der Waals surface area contributed by atoms with E-state index in [2.05, 4.69) is 0 Å². The van der Waals surface area contributed by atoms with Crippen molar-refractivity contribution in [3.8, 4) is 28.7 Å². The predicted octanol–water partition coefficient (Wildman–Crippen LogP) is 5.14. The van der Waals surface area contributed by atoms with Gasteiger partial charge in [-0.15, -0.1) is 0 Å². The average Bonchev–Trinajstić information content (AvgIpc) is 2.74. The van der Waals surface area contributed by atoms with Gasteiger partial charge in [-0.05, 0) is 53.1 Å². The molecule has 29 heavy (non-hydrogen) atoms. The van der Waals surface area contributed by atoms with Crippen molar-refractivity contribution in [1.82, 2.24) is 0 Å². The predicted molar refractivity (Wildman–Crippen MR) is 114 cm³/mol. The van der Waals surface area contributed by atoms with E-state index >= 15 is 0 Å². The van der Waals surface area contributed by atoms with Gasteiger partial charge in [-0.25, -0.2) is 0 Å². The Morgan fingerprint density at radius 1 is 0.724 bits per heavy atom. The molecule has 3 N–H and O–H groups in total. The smallest absolute Gasteiger partial charge is 0.157 e. The highest BCUT2D eigenvalue weighted by Gasteiger charge is 2.20. The van der Waals surface area contributed by atoms with E-state index in [-0.39, 0.29) is 23.2 Å². The van der Waals surface area contributed by atoms with Gasteiger partial charge in [-0.1, -0.05) is 37.3 Å². The zero-order chi connectivity index (χ0) is 21.0. The Kier molecular flexibility index (Phi) is 5.98. The van der Waals surface area contributed by atoms with Crippen LogP contribution in [0.4, 0.5) is 0 Å². The lowest BCUT2D eigenvalue weighted by Gasteiger charge is -2.20. The van der Waals surface area contributed by atoms with Gasteiger partial charge in [0.2, 0.25) is 0 Å². The number of methoxy groups -OCH3 is 2. The third-order valence-corrected chi connectivity index (χ3v) is 4.86. The first-order valence-corrected chi connectivity index (χ1v) is 9.18. The lowest BCUT2D eigenvalue weighted by atomic mass is 9.90. The molecule has 0 heterocycles. The Bertz CT molecular complexity index is 997. The van der Waals surface area contributed by atoms with Crippen molar-refractivity contribution in [3.63, 3.8) is 0 Å². The van der Waals surface area contributed by atoms with Crippen molar-refractivity contribution in [3.05, 3.63) is 76.9 Å². The number of rotatable bonds is 6. The molecule has 0 aliphatic rings. The maximum absolute atomic E-state index is 9.85. The molecule has 3 aromatic rings. The second-order valence-corrected chi connectivity index (χ2v) is 6.73. The van der Waals surface area contributed by atoms with E-state index in [1.807, 2.05) is 43.3 Å². The fraction of sp³-hybridized carbons (Fsp3) is 0.167. The first-order chi connectivity index (χ1) is 13.9. The lowest BCUT2D eigenvalue weighted by Crippen LogP contribution is -2.03. The Balaban J connectivity index is 1.99. The molecule has 0 amide bonds. The minimum atomic E-state index is -0.166. The van der Waals surface area contributed by atoms with E-state index in [0.717, 1.165) is 22.3 Å². The number of phenolic OH excluding ortho intramolecular Hbond substituents is 3. The number of ether oxygens (including phenoxy) is 2. The molecule has 0 saturated carbocycles. The van der Waals surface area contributed by atoms with Crippen molar-refractivity contribution in [2.45, 2.75) is 12.8 Å². The van der Waals surface area contributed by atoms with Gasteiger partial charge in [-0.2, -0.15) is 0 Å². The van der Waals surface area contributed by atoms with E-state index in [4.69, 9.17) is 9.47 Å². The van der Waals surface area contributed by atoms with Crippen LogP contribution in [0.5, 0.6) is 28.7 Å². The molecule has 0 aliphatic carbocycles. The normalized spacial score (nSPS) is 12.1. The van der Waals surface area contributed by atoms with Gasteiger partial charge >= 0.3 is 0 Å². The molecule has 0 aromatic heterocycles. The highest BCUT2D eigenvalue weighted by molar-refractivity contribution is 5.72. The number of hydrogen-bond donors (Lipinski definition) is 3. The molecule has 0 aliphatic heterocycles. The van der Waals surface area contributed by atoms with Crippen molar-refractivity contribution in [1.29, 1.82) is 0 Å². The quantitative estimate of drug-likeness (QED) is 0.400. The van der Waals surface area contributed by atoms with E-state index in [1.54, 1.807) is 32.4 Å². The van der Waals surface area contributed by atoms with Crippen LogP contribution < -0.4 is 9.47 Å². The van der Waals surface area contributed by atoms with Crippen molar-refractivity contribution < 1.29 is 24.8 Å². The van der Waals surface area contributed by atoms with E-state index < -0.39 is 0 Å². The summed E-state index contributed by atoms with van der Waals surface area (Å²) in [5.41, 5.74) is 3.53. The second kappa shape index (κ2) is 8.61. The number of phenols is 3. The molecule has 0 bridgehead atoms. The van der Waals surface area contributed by atoms with E-state index in [9.17, 15) is 15.3 Å². The maximum Gasteiger partial charge on any atom is 0.157 e. The first kappa shape index (κ1) is 20.1. The summed E-state index contributed by atoms with van der Waals surface area (Å²) in [6.45, 7) is 1.98. The Morgan fingerprint density at radius 3 is 1.86 bits per heavy atom. The summed E-state index contributed by atoms with van der Waals surface area (Å²) < 4.78 is 11.3. The second-order valence-electron chi connectivity index (χ2n) is 6.73. The SMILES string of the molecule is COc1cc(/C=C/c2ccc(O)cc2)cc(OC)c1C(C)c1ccc(O)c(O)c1. The average molecular weight is 392 g/mol. The first-order valence-electron chi connectivity index (χ1n) is 9.18. The molecular weight excluding hydrogens is 368 g/mol. The summed E-state index contributed by atoms with van der Waals surface area (Å²) >= 11 is 0. The summed E-state index contributed by atoms with van der Waals surface area (Å²) in [7, 11) is 3.21. The van der Waals surface area contributed by atoms with Gasteiger partial charge < -0.3 is 24.8 Å². The van der Waals surface area contributed by atoms with Gasteiger partial charge in [0, 0.05) is 11.5 Å². The molecule has 3 aromatic carbocycles. The standard InChI is InChI=1S/C24H24O5/c1-15(18-8-11-20(26)21(27)14-18)24-22(28-2)12-17(13-23(24)29-3)5-4-16-6-9-19(25)10-7-16/h4-15,25-27H,1-3H3/b5-4+. The van der Waals surface area contributed by atoms with E-state index in [1.165, 1.54) is 12.1 Å². The Labute approximate surface area is 170 Å².